The summed E-state index contributed by atoms with van der Waals surface area (Å²) in [6.07, 6.45) is 2.87. The minimum absolute atomic E-state index is 0.00876. The number of amides is 1. The van der Waals surface area contributed by atoms with Crippen molar-refractivity contribution < 1.29 is 22.9 Å². The molecule has 9 heteroatoms. The van der Waals surface area contributed by atoms with Crippen LogP contribution >= 0.6 is 0 Å². The summed E-state index contributed by atoms with van der Waals surface area (Å²) in [6.45, 7) is 6.53. The topological polar surface area (TPSA) is 66.7 Å². The second kappa shape index (κ2) is 9.47. The first kappa shape index (κ1) is 24.9. The van der Waals surface area contributed by atoms with Crippen molar-refractivity contribution in [2.75, 3.05) is 19.6 Å². The lowest BCUT2D eigenvalue weighted by atomic mass is 9.73. The third-order valence-electron chi connectivity index (χ3n) is 8.33. The molecule has 1 aliphatic carbocycles. The van der Waals surface area contributed by atoms with E-state index in [1.54, 1.807) is 4.90 Å². The third-order valence-corrected chi connectivity index (χ3v) is 8.33. The molecular weight excluding hydrogens is 447 g/mol. The van der Waals surface area contributed by atoms with Crippen molar-refractivity contribution in [3.8, 4) is 0 Å². The maximum atomic E-state index is 13.9. The van der Waals surface area contributed by atoms with Crippen LogP contribution in [-0.2, 0) is 23.9 Å². The van der Waals surface area contributed by atoms with E-state index in [0.717, 1.165) is 38.4 Å². The number of halogens is 3. The summed E-state index contributed by atoms with van der Waals surface area (Å²) < 4.78 is 40.2. The number of nitro benzene ring substituents is 1. The van der Waals surface area contributed by atoms with Crippen LogP contribution in [0.5, 0.6) is 0 Å². The van der Waals surface area contributed by atoms with Gasteiger partial charge in [-0.1, -0.05) is 26.7 Å². The molecule has 1 amide bonds. The number of carbonyl (C=O) groups is 1. The Morgan fingerprint density at radius 2 is 1.82 bits per heavy atom. The fourth-order valence-electron chi connectivity index (χ4n) is 6.28. The van der Waals surface area contributed by atoms with E-state index >= 15 is 0 Å². The Balaban J connectivity index is 1.59. The van der Waals surface area contributed by atoms with E-state index in [9.17, 15) is 28.1 Å². The fourth-order valence-corrected chi connectivity index (χ4v) is 6.28. The molecule has 1 aromatic carbocycles. The monoisotopic (exact) mass is 481 g/mol. The van der Waals surface area contributed by atoms with Crippen LogP contribution in [0.15, 0.2) is 12.1 Å². The molecule has 6 nitrogen and oxygen atoms in total. The van der Waals surface area contributed by atoms with Crippen molar-refractivity contribution >= 4 is 11.6 Å². The first-order valence-electron chi connectivity index (χ1n) is 12.4. The quantitative estimate of drug-likeness (QED) is 0.417. The lowest BCUT2D eigenvalue weighted by Gasteiger charge is -2.40. The van der Waals surface area contributed by atoms with E-state index < -0.39 is 27.8 Å². The molecule has 0 N–H and O–H groups in total. The predicted octanol–water partition coefficient (Wildman–Crippen LogP) is 5.57. The van der Waals surface area contributed by atoms with Crippen LogP contribution in [0, 0.1) is 21.4 Å². The number of rotatable bonds is 4. The fraction of sp³-hybridized carbons (Fsp3) is 0.720. The van der Waals surface area contributed by atoms with Crippen molar-refractivity contribution in [2.45, 2.75) is 84.0 Å². The van der Waals surface area contributed by atoms with Gasteiger partial charge in [0.15, 0.2) is 0 Å². The lowest BCUT2D eigenvalue weighted by molar-refractivity contribution is -0.385. The van der Waals surface area contributed by atoms with Gasteiger partial charge in [0.1, 0.15) is 0 Å². The van der Waals surface area contributed by atoms with Crippen molar-refractivity contribution in [3.63, 3.8) is 0 Å². The zero-order valence-corrected chi connectivity index (χ0v) is 20.0. The Labute approximate surface area is 198 Å². The Morgan fingerprint density at radius 3 is 2.41 bits per heavy atom. The first-order valence-corrected chi connectivity index (χ1v) is 12.4. The number of carbonyl (C=O) groups excluding carboxylic acids is 1. The number of hydrogen-bond acceptors (Lipinski definition) is 4. The van der Waals surface area contributed by atoms with Gasteiger partial charge in [0, 0.05) is 30.8 Å². The number of benzene rings is 1. The molecule has 188 valence electrons. The van der Waals surface area contributed by atoms with Gasteiger partial charge >= 0.3 is 6.18 Å². The summed E-state index contributed by atoms with van der Waals surface area (Å²) in [5, 5.41) is 11.5. The van der Waals surface area contributed by atoms with Crippen molar-refractivity contribution in [3.05, 3.63) is 38.9 Å². The Morgan fingerprint density at radius 1 is 1.15 bits per heavy atom. The summed E-state index contributed by atoms with van der Waals surface area (Å²) in [5.74, 6) is 0.0970. The molecule has 1 aromatic rings. The molecule has 4 rings (SSSR count). The normalized spacial score (nSPS) is 26.4. The van der Waals surface area contributed by atoms with Crippen molar-refractivity contribution in [1.29, 1.82) is 0 Å². The van der Waals surface area contributed by atoms with Gasteiger partial charge in [-0.05, 0) is 69.2 Å². The molecule has 0 spiro atoms. The molecule has 0 aromatic heterocycles. The molecular formula is C25H34F3N3O3. The maximum absolute atomic E-state index is 13.9. The molecule has 2 atom stereocenters. The zero-order chi connectivity index (χ0) is 24.7. The highest BCUT2D eigenvalue weighted by molar-refractivity contribution is 5.84. The van der Waals surface area contributed by atoms with Gasteiger partial charge in [-0.15, -0.1) is 0 Å². The average molecular weight is 482 g/mol. The van der Waals surface area contributed by atoms with Gasteiger partial charge in [-0.25, -0.2) is 0 Å². The number of hydrogen-bond donors (Lipinski definition) is 0. The van der Waals surface area contributed by atoms with E-state index in [-0.39, 0.29) is 30.4 Å². The van der Waals surface area contributed by atoms with Gasteiger partial charge in [0.25, 0.3) is 5.69 Å². The van der Waals surface area contributed by atoms with Gasteiger partial charge < -0.3 is 9.80 Å². The molecule has 1 saturated heterocycles. The second-order valence-corrected chi connectivity index (χ2v) is 10.5. The van der Waals surface area contributed by atoms with Gasteiger partial charge in [-0.2, -0.15) is 13.2 Å². The SMILES string of the molecule is CC(C)[C@]1(C(=O)N2CCc3c(cc(C(F)(F)F)cc3[N+](=O)[O-])C2)CC[C@@H](N2CCCCCC2)C1. The van der Waals surface area contributed by atoms with Crippen LogP contribution in [0.4, 0.5) is 18.9 Å². The smallest absolute Gasteiger partial charge is 0.338 e. The summed E-state index contributed by atoms with van der Waals surface area (Å²) >= 11 is 0. The predicted molar refractivity (Wildman–Crippen MR) is 122 cm³/mol. The highest BCUT2D eigenvalue weighted by Crippen LogP contribution is 2.48. The van der Waals surface area contributed by atoms with Crippen molar-refractivity contribution in [1.82, 2.24) is 9.80 Å². The number of alkyl halides is 3. The Bertz CT molecular complexity index is 941. The molecule has 2 fully saturated rings. The highest BCUT2D eigenvalue weighted by atomic mass is 19.4. The summed E-state index contributed by atoms with van der Waals surface area (Å²) in [5.41, 5.74) is -1.52. The molecule has 34 heavy (non-hydrogen) atoms. The van der Waals surface area contributed by atoms with Crippen LogP contribution in [-0.4, -0.2) is 46.3 Å². The van der Waals surface area contributed by atoms with E-state index in [1.165, 1.54) is 25.7 Å². The van der Waals surface area contributed by atoms with Gasteiger partial charge in [0.2, 0.25) is 5.91 Å². The third kappa shape index (κ3) is 4.68. The molecule has 0 radical (unpaired) electrons. The molecule has 0 unspecified atom stereocenters. The number of nitrogens with zero attached hydrogens (tertiary/aromatic N) is 3. The van der Waals surface area contributed by atoms with Crippen LogP contribution in [0.2, 0.25) is 0 Å². The van der Waals surface area contributed by atoms with E-state index in [4.69, 9.17) is 0 Å². The largest absolute Gasteiger partial charge is 0.416 e. The zero-order valence-electron chi connectivity index (χ0n) is 20.0. The lowest BCUT2D eigenvalue weighted by Crippen LogP contribution is -2.48. The number of nitro groups is 1. The minimum Gasteiger partial charge on any atom is -0.338 e. The molecule has 0 bridgehead atoms. The highest BCUT2D eigenvalue weighted by Gasteiger charge is 2.51. The Kier molecular flexibility index (Phi) is 6.95. The van der Waals surface area contributed by atoms with Crippen molar-refractivity contribution in [2.24, 2.45) is 11.3 Å². The molecule has 2 heterocycles. The second-order valence-electron chi connectivity index (χ2n) is 10.5. The van der Waals surface area contributed by atoms with Crippen LogP contribution < -0.4 is 0 Å². The first-order chi connectivity index (χ1) is 16.0. The molecule has 3 aliphatic rings. The maximum Gasteiger partial charge on any atom is 0.416 e. The van der Waals surface area contributed by atoms with Crippen LogP contribution in [0.3, 0.4) is 0 Å². The van der Waals surface area contributed by atoms with E-state index in [0.29, 0.717) is 24.2 Å². The summed E-state index contributed by atoms with van der Waals surface area (Å²) in [4.78, 5) is 28.8. The molecule has 1 saturated carbocycles. The standard InChI is InChI=1S/C25H34F3N3O3/c1-17(2)24(9-7-20(15-24)29-10-5-3-4-6-11-29)23(32)30-12-8-21-18(16-30)13-19(25(26,27)28)14-22(21)31(33)34/h13-14,17,20H,3-12,15-16H2,1-2H3/t20-,24+/m1/s1. The number of fused-ring (bicyclic) bond motifs is 1. The van der Waals surface area contributed by atoms with Gasteiger partial charge in [-0.3, -0.25) is 14.9 Å². The van der Waals surface area contributed by atoms with E-state index in [2.05, 4.69) is 18.7 Å². The summed E-state index contributed by atoms with van der Waals surface area (Å²) in [7, 11) is 0. The summed E-state index contributed by atoms with van der Waals surface area (Å²) in [6, 6.07) is 1.96. The molecule has 2 aliphatic heterocycles. The van der Waals surface area contributed by atoms with Crippen LogP contribution in [0.1, 0.15) is 75.5 Å². The van der Waals surface area contributed by atoms with E-state index in [1.807, 2.05) is 0 Å². The van der Waals surface area contributed by atoms with Crippen LogP contribution in [0.25, 0.3) is 0 Å². The van der Waals surface area contributed by atoms with Gasteiger partial charge in [0.05, 0.1) is 15.9 Å². The Hall–Kier alpha value is -2.16. The number of likely N-dealkylation sites (tertiary alicyclic amines) is 1. The minimum atomic E-state index is -4.68. The average Bonchev–Trinajstić information content (AvgIpc) is 3.07.